The second kappa shape index (κ2) is 16.0. The van der Waals surface area contributed by atoms with Gasteiger partial charge in [-0.1, -0.05) is 6.92 Å². The van der Waals surface area contributed by atoms with E-state index in [0.717, 1.165) is 0 Å². The molecule has 16 nitrogen and oxygen atoms in total. The summed E-state index contributed by atoms with van der Waals surface area (Å²) in [6.07, 6.45) is -16.8. The molecule has 0 radical (unpaired) electrons. The maximum Gasteiger partial charge on any atom is 0.190 e. The van der Waals surface area contributed by atoms with E-state index in [1.54, 1.807) is 13.8 Å². The second-order valence-electron chi connectivity index (χ2n) is 11.9. The van der Waals surface area contributed by atoms with Crippen LogP contribution in [0.4, 0.5) is 0 Å². The summed E-state index contributed by atoms with van der Waals surface area (Å²) < 4.78 is 63.7. The largest absolute Gasteiger partial charge is 0.390 e. The smallest absolute Gasteiger partial charge is 0.190 e. The fourth-order valence-corrected chi connectivity index (χ4v) is 6.27. The van der Waals surface area contributed by atoms with Crippen LogP contribution in [0.3, 0.4) is 0 Å². The maximum absolute atomic E-state index is 11.5. The number of aliphatic hydroxyl groups is 5. The van der Waals surface area contributed by atoms with E-state index in [9.17, 15) is 25.5 Å². The van der Waals surface area contributed by atoms with Gasteiger partial charge in [0.05, 0.1) is 31.5 Å². The topological polar surface area (TPSA) is 203 Å². The Balaban J connectivity index is 1.49. The molecule has 0 saturated carbocycles. The average Bonchev–Trinajstić information content (AvgIpc) is 2.98. The number of rotatable bonds is 11. The Kier molecular flexibility index (Phi) is 13.1. The molecule has 0 aromatic carbocycles. The summed E-state index contributed by atoms with van der Waals surface area (Å²) in [6, 6.07) is 0. The van der Waals surface area contributed by atoms with Gasteiger partial charge in [0.15, 0.2) is 25.2 Å². The highest BCUT2D eigenvalue weighted by atomic mass is 16.8. The highest BCUT2D eigenvalue weighted by Crippen LogP contribution is 2.35. The number of aliphatic hydroxyl groups excluding tert-OH is 5. The molecule has 4 fully saturated rings. The molecule has 0 bridgehead atoms. The minimum Gasteiger partial charge on any atom is -0.390 e. The highest BCUT2D eigenvalue weighted by molar-refractivity contribution is 4.96. The van der Waals surface area contributed by atoms with Crippen LogP contribution in [0.1, 0.15) is 27.2 Å². The van der Waals surface area contributed by atoms with Gasteiger partial charge in [-0.05, 0) is 19.8 Å². The summed E-state index contributed by atoms with van der Waals surface area (Å²) in [4.78, 5) is 0. The van der Waals surface area contributed by atoms with Crippen LogP contribution in [-0.2, 0) is 52.1 Å². The van der Waals surface area contributed by atoms with Crippen molar-refractivity contribution in [2.75, 3.05) is 41.7 Å². The second-order valence-corrected chi connectivity index (χ2v) is 11.9. The summed E-state index contributed by atoms with van der Waals surface area (Å²) in [7, 11) is 5.60. The predicted octanol–water partition coefficient (Wildman–Crippen LogP) is -2.13. The van der Waals surface area contributed by atoms with Crippen molar-refractivity contribution < 1.29 is 77.6 Å². The summed E-state index contributed by atoms with van der Waals surface area (Å²) in [5.41, 5.74) is 0. The lowest BCUT2D eigenvalue weighted by molar-refractivity contribution is -0.391. The molecule has 0 aromatic heterocycles. The third-order valence-electron chi connectivity index (χ3n) is 8.81. The molecule has 0 aromatic rings. The van der Waals surface area contributed by atoms with Crippen LogP contribution in [0.5, 0.6) is 0 Å². The molecule has 4 rings (SSSR count). The SMILES string of the molecule is COC[C@H]1O[C@@H](O[C@@H]2OC[C@H](O)[C@@H](O)[C@H]2OC)[C@@H](OC)[C@@H](O)[C@@H]1O[C@@H]1O[C@H](C)[C@H](OC)[C@H](O[C@H]2C[C@@H](C)[C@H](O)[C@@H](C)O2)[C@H]1O. The standard InChI is InChI=1S/C28H50O16/c1-11-8-16(39-12(2)17(11)30)42-23-20(33)26(40-13(3)21(23)35-5)43-22-15(10-34-4)41-28(25(37-7)19(22)32)44-27-24(36-6)18(31)14(29)9-38-27/h11-33H,8-10H2,1-7H3/t11-,12-,13-,14+,15-,16+,17+,18-,19+,20-,21+,22-,23-,24-,25+,26+,27+,28+/m1/s1. The molecule has 4 heterocycles. The van der Waals surface area contributed by atoms with Gasteiger partial charge >= 0.3 is 0 Å². The zero-order valence-electron chi connectivity index (χ0n) is 26.2. The van der Waals surface area contributed by atoms with Gasteiger partial charge in [0.1, 0.15) is 61.0 Å². The molecule has 16 heteroatoms. The van der Waals surface area contributed by atoms with E-state index in [2.05, 4.69) is 0 Å². The van der Waals surface area contributed by atoms with Crippen molar-refractivity contribution in [1.29, 1.82) is 0 Å². The molecule has 4 aliphatic heterocycles. The summed E-state index contributed by atoms with van der Waals surface area (Å²) in [5.74, 6) is -0.0943. The van der Waals surface area contributed by atoms with Crippen molar-refractivity contribution in [2.45, 2.75) is 132 Å². The van der Waals surface area contributed by atoms with E-state index in [0.29, 0.717) is 6.42 Å². The normalized spacial score (nSPS) is 50.5. The van der Waals surface area contributed by atoms with Gasteiger partial charge in [-0.2, -0.15) is 0 Å². The third-order valence-corrected chi connectivity index (χ3v) is 8.81. The Morgan fingerprint density at radius 3 is 1.86 bits per heavy atom. The van der Waals surface area contributed by atoms with Crippen LogP contribution in [0.15, 0.2) is 0 Å². The zero-order chi connectivity index (χ0) is 32.3. The van der Waals surface area contributed by atoms with Gasteiger partial charge in [-0.25, -0.2) is 0 Å². The van der Waals surface area contributed by atoms with E-state index in [1.165, 1.54) is 28.4 Å². The molecule has 0 spiro atoms. The van der Waals surface area contributed by atoms with E-state index >= 15 is 0 Å². The number of methoxy groups -OCH3 is 4. The van der Waals surface area contributed by atoms with Crippen LogP contribution in [0.2, 0.25) is 0 Å². The molecule has 0 unspecified atom stereocenters. The van der Waals surface area contributed by atoms with E-state index in [4.69, 9.17) is 52.1 Å². The number of hydrogen-bond donors (Lipinski definition) is 5. The number of ether oxygens (including phenoxy) is 11. The molecular weight excluding hydrogens is 592 g/mol. The van der Waals surface area contributed by atoms with Crippen LogP contribution in [0.25, 0.3) is 0 Å². The van der Waals surface area contributed by atoms with Gasteiger partial charge in [-0.15, -0.1) is 0 Å². The Hall–Kier alpha value is -0.640. The van der Waals surface area contributed by atoms with Crippen molar-refractivity contribution in [3.8, 4) is 0 Å². The summed E-state index contributed by atoms with van der Waals surface area (Å²) in [6.45, 7) is 5.13. The van der Waals surface area contributed by atoms with E-state index in [1.807, 2.05) is 6.92 Å². The van der Waals surface area contributed by atoms with Gasteiger partial charge in [0, 0.05) is 34.9 Å². The minimum atomic E-state index is -1.38. The van der Waals surface area contributed by atoms with Gasteiger partial charge in [0.2, 0.25) is 0 Å². The fourth-order valence-electron chi connectivity index (χ4n) is 6.27. The molecule has 18 atom stereocenters. The molecule has 44 heavy (non-hydrogen) atoms. The van der Waals surface area contributed by atoms with Crippen molar-refractivity contribution in [1.82, 2.24) is 0 Å². The first-order valence-corrected chi connectivity index (χ1v) is 15.0. The first-order chi connectivity index (χ1) is 20.9. The zero-order valence-corrected chi connectivity index (χ0v) is 26.2. The molecule has 0 aliphatic carbocycles. The molecule has 4 saturated heterocycles. The first kappa shape index (κ1) is 36.2. The molecule has 0 amide bonds. The predicted molar refractivity (Wildman–Crippen MR) is 146 cm³/mol. The molecule has 4 aliphatic rings. The quantitative estimate of drug-likeness (QED) is 0.163. The van der Waals surface area contributed by atoms with Crippen LogP contribution < -0.4 is 0 Å². The van der Waals surface area contributed by atoms with Crippen LogP contribution >= 0.6 is 0 Å². The molecular formula is C28H50O16. The van der Waals surface area contributed by atoms with Crippen molar-refractivity contribution in [3.63, 3.8) is 0 Å². The van der Waals surface area contributed by atoms with E-state index < -0.39 is 105 Å². The van der Waals surface area contributed by atoms with Crippen molar-refractivity contribution >= 4 is 0 Å². The van der Waals surface area contributed by atoms with Crippen molar-refractivity contribution in [3.05, 3.63) is 0 Å². The lowest BCUT2D eigenvalue weighted by Crippen LogP contribution is -2.66. The summed E-state index contributed by atoms with van der Waals surface area (Å²) >= 11 is 0. The Morgan fingerprint density at radius 2 is 1.25 bits per heavy atom. The van der Waals surface area contributed by atoms with Crippen LogP contribution in [-0.4, -0.2) is 172 Å². The monoisotopic (exact) mass is 642 g/mol. The van der Waals surface area contributed by atoms with E-state index in [-0.39, 0.29) is 19.1 Å². The average molecular weight is 643 g/mol. The third kappa shape index (κ3) is 7.73. The fraction of sp³-hybridized carbons (Fsp3) is 1.00. The molecule has 5 N–H and O–H groups in total. The Bertz CT molecular complexity index is 856. The first-order valence-electron chi connectivity index (χ1n) is 15.0. The minimum absolute atomic E-state index is 0.0500. The highest BCUT2D eigenvalue weighted by Gasteiger charge is 2.54. The van der Waals surface area contributed by atoms with Gasteiger partial charge in [-0.3, -0.25) is 0 Å². The van der Waals surface area contributed by atoms with Gasteiger partial charge in [0.25, 0.3) is 0 Å². The lowest BCUT2D eigenvalue weighted by Gasteiger charge is -2.49. The summed E-state index contributed by atoms with van der Waals surface area (Å²) in [5, 5.41) is 53.5. The van der Waals surface area contributed by atoms with Gasteiger partial charge < -0.3 is 77.6 Å². The Morgan fingerprint density at radius 1 is 0.591 bits per heavy atom. The Labute approximate surface area is 257 Å². The maximum atomic E-state index is 11.5. The van der Waals surface area contributed by atoms with Crippen LogP contribution in [0, 0.1) is 5.92 Å². The number of hydrogen-bond acceptors (Lipinski definition) is 16. The molecule has 258 valence electrons. The van der Waals surface area contributed by atoms with Crippen molar-refractivity contribution in [2.24, 2.45) is 5.92 Å². The lowest BCUT2D eigenvalue weighted by atomic mass is 9.93.